The third-order valence-corrected chi connectivity index (χ3v) is 9.01. The maximum Gasteiger partial charge on any atom is 0.259 e. The molecule has 5 rings (SSSR count). The van der Waals surface area contributed by atoms with Gasteiger partial charge >= 0.3 is 0 Å². The maximum absolute atomic E-state index is 13.0. The molecule has 1 spiro atoms. The molecule has 2 aliphatic heterocycles. The average molecular weight is 498 g/mol. The van der Waals surface area contributed by atoms with Crippen LogP contribution in [-0.2, 0) is 16.6 Å². The number of aryl methyl sites for hydroxylation is 2. The zero-order valence-electron chi connectivity index (χ0n) is 19.3. The van der Waals surface area contributed by atoms with Crippen LogP contribution in [0, 0.1) is 13.8 Å². The van der Waals surface area contributed by atoms with E-state index < -0.39 is 15.6 Å². The first-order chi connectivity index (χ1) is 16.2. The SMILES string of the molecule is Cc1cncc(N2[C@]3(C=CS2(=O)=O)CCN(Cc2ccc(O)c(-c4ncsc4C)c2)[C@@H](C)C3)n1. The first kappa shape index (κ1) is 22.9. The van der Waals surface area contributed by atoms with Gasteiger partial charge in [0.15, 0.2) is 5.82 Å². The third-order valence-electron chi connectivity index (χ3n) is 6.71. The standard InChI is InChI=1S/C24H27N5O3S2/c1-16-12-25-13-22(27-16)29-24(7-9-34(29,31)32)6-8-28(17(2)11-24)14-19-4-5-21(30)20(10-19)23-18(3)33-15-26-23/h4-5,7,9-10,12-13,15,17,30H,6,8,11,14H2,1-3H3/t17-,24-/m0/s1. The summed E-state index contributed by atoms with van der Waals surface area (Å²) in [6.07, 6.45) is 6.27. The lowest BCUT2D eigenvalue weighted by atomic mass is 9.83. The highest BCUT2D eigenvalue weighted by molar-refractivity contribution is 7.96. The van der Waals surface area contributed by atoms with Crippen LogP contribution < -0.4 is 4.31 Å². The van der Waals surface area contributed by atoms with Gasteiger partial charge in [0.1, 0.15) is 5.75 Å². The fraction of sp³-hybridized carbons (Fsp3) is 0.375. The summed E-state index contributed by atoms with van der Waals surface area (Å²) in [4.78, 5) is 16.5. The predicted molar refractivity (Wildman–Crippen MR) is 133 cm³/mol. The molecule has 1 fully saturated rings. The lowest BCUT2D eigenvalue weighted by Gasteiger charge is -2.46. The summed E-state index contributed by atoms with van der Waals surface area (Å²) in [5.41, 5.74) is 4.46. The fourth-order valence-electron chi connectivity index (χ4n) is 5.04. The number of aromatic hydroxyl groups is 1. The molecule has 10 heteroatoms. The van der Waals surface area contributed by atoms with Gasteiger partial charge in [-0.15, -0.1) is 11.3 Å². The molecule has 1 N–H and O–H groups in total. The van der Waals surface area contributed by atoms with E-state index in [0.717, 1.165) is 28.2 Å². The van der Waals surface area contributed by atoms with Crippen LogP contribution in [0.4, 0.5) is 5.82 Å². The molecule has 0 bridgehead atoms. The van der Waals surface area contributed by atoms with Crippen LogP contribution in [0.25, 0.3) is 11.3 Å². The fourth-order valence-corrected chi connectivity index (χ4v) is 7.26. The van der Waals surface area contributed by atoms with Gasteiger partial charge in [0.25, 0.3) is 10.0 Å². The molecule has 34 heavy (non-hydrogen) atoms. The highest BCUT2D eigenvalue weighted by atomic mass is 32.2. The molecule has 178 valence electrons. The van der Waals surface area contributed by atoms with Crippen LogP contribution in [0.5, 0.6) is 5.75 Å². The summed E-state index contributed by atoms with van der Waals surface area (Å²) < 4.78 is 27.4. The molecular weight excluding hydrogens is 470 g/mol. The number of thiazole rings is 1. The van der Waals surface area contributed by atoms with E-state index >= 15 is 0 Å². The van der Waals surface area contributed by atoms with Gasteiger partial charge in [-0.25, -0.2) is 22.7 Å². The minimum atomic E-state index is -3.61. The highest BCUT2D eigenvalue weighted by Gasteiger charge is 2.50. The molecule has 0 amide bonds. The Hall–Kier alpha value is -2.82. The number of phenols is 1. The van der Waals surface area contributed by atoms with E-state index in [1.165, 1.54) is 15.9 Å². The van der Waals surface area contributed by atoms with E-state index in [1.54, 1.807) is 29.1 Å². The van der Waals surface area contributed by atoms with Crippen molar-refractivity contribution in [3.05, 3.63) is 63.7 Å². The number of anilines is 1. The molecule has 4 heterocycles. The molecule has 1 saturated heterocycles. The van der Waals surface area contributed by atoms with Crippen molar-refractivity contribution in [1.82, 2.24) is 19.9 Å². The zero-order valence-corrected chi connectivity index (χ0v) is 21.0. The lowest BCUT2D eigenvalue weighted by Crippen LogP contribution is -2.56. The van der Waals surface area contributed by atoms with Gasteiger partial charge in [-0.2, -0.15) is 0 Å². The van der Waals surface area contributed by atoms with Crippen molar-refractivity contribution in [3.63, 3.8) is 0 Å². The first-order valence-corrected chi connectivity index (χ1v) is 13.6. The number of nitrogens with zero attached hydrogens (tertiary/aromatic N) is 5. The van der Waals surface area contributed by atoms with Crippen molar-refractivity contribution in [2.75, 3.05) is 10.8 Å². The van der Waals surface area contributed by atoms with Gasteiger partial charge in [0.05, 0.1) is 28.6 Å². The molecule has 0 radical (unpaired) electrons. The predicted octanol–water partition coefficient (Wildman–Crippen LogP) is 4.01. The Morgan fingerprint density at radius 2 is 2.09 bits per heavy atom. The van der Waals surface area contributed by atoms with Gasteiger partial charge < -0.3 is 5.11 Å². The van der Waals surface area contributed by atoms with Crippen molar-refractivity contribution in [2.45, 2.75) is 51.7 Å². The molecule has 2 aromatic heterocycles. The van der Waals surface area contributed by atoms with Gasteiger partial charge in [-0.3, -0.25) is 9.88 Å². The molecule has 3 aromatic rings. The van der Waals surface area contributed by atoms with Gasteiger partial charge in [-0.05, 0) is 57.4 Å². The molecular formula is C24H27N5O3S2. The average Bonchev–Trinajstić information content (AvgIpc) is 3.31. The van der Waals surface area contributed by atoms with Crippen molar-refractivity contribution >= 4 is 27.2 Å². The monoisotopic (exact) mass is 497 g/mol. The first-order valence-electron chi connectivity index (χ1n) is 11.2. The number of piperidine rings is 1. The molecule has 0 unspecified atom stereocenters. The molecule has 8 nitrogen and oxygen atoms in total. The van der Waals surface area contributed by atoms with Crippen LogP contribution in [-0.4, -0.2) is 51.5 Å². The number of likely N-dealkylation sites (tertiary alicyclic amines) is 1. The van der Waals surface area contributed by atoms with E-state index in [9.17, 15) is 13.5 Å². The van der Waals surface area contributed by atoms with Gasteiger partial charge in [0, 0.05) is 41.2 Å². The van der Waals surface area contributed by atoms with Crippen LogP contribution in [0.1, 0.15) is 35.9 Å². The summed E-state index contributed by atoms with van der Waals surface area (Å²) in [5, 5.41) is 11.7. The second kappa shape index (κ2) is 8.44. The number of phenolic OH excluding ortho intramolecular Hbond substituents is 1. The number of rotatable bonds is 4. The summed E-state index contributed by atoms with van der Waals surface area (Å²) in [6, 6.07) is 5.80. The molecule has 1 aromatic carbocycles. The van der Waals surface area contributed by atoms with Crippen LogP contribution >= 0.6 is 11.3 Å². The Morgan fingerprint density at radius 3 is 2.79 bits per heavy atom. The number of benzene rings is 1. The second-order valence-electron chi connectivity index (χ2n) is 9.12. The Bertz CT molecular complexity index is 1370. The maximum atomic E-state index is 13.0. The smallest absolute Gasteiger partial charge is 0.259 e. The quantitative estimate of drug-likeness (QED) is 0.581. The van der Waals surface area contributed by atoms with Crippen molar-refractivity contribution < 1.29 is 13.5 Å². The largest absolute Gasteiger partial charge is 0.507 e. The van der Waals surface area contributed by atoms with Crippen LogP contribution in [0.3, 0.4) is 0 Å². The Labute approximate surface area is 203 Å². The molecule has 2 atom stereocenters. The van der Waals surface area contributed by atoms with Crippen LogP contribution in [0.15, 0.2) is 47.6 Å². The summed E-state index contributed by atoms with van der Waals surface area (Å²) in [5.74, 6) is 0.590. The highest BCUT2D eigenvalue weighted by Crippen LogP contribution is 2.43. The van der Waals surface area contributed by atoms with Gasteiger partial charge in [-0.1, -0.05) is 6.07 Å². The second-order valence-corrected chi connectivity index (χ2v) is 11.8. The number of hydrogen-bond donors (Lipinski definition) is 1. The van der Waals surface area contributed by atoms with E-state index in [0.29, 0.717) is 30.9 Å². The Balaban J connectivity index is 1.38. The zero-order chi connectivity index (χ0) is 24.1. The van der Waals surface area contributed by atoms with Crippen molar-refractivity contribution in [1.29, 1.82) is 0 Å². The Kier molecular flexibility index (Phi) is 5.70. The minimum absolute atomic E-state index is 0.130. The van der Waals surface area contributed by atoms with E-state index in [-0.39, 0.29) is 11.8 Å². The number of hydrogen-bond acceptors (Lipinski definition) is 8. The molecule has 0 saturated carbocycles. The summed E-state index contributed by atoms with van der Waals surface area (Å²) in [7, 11) is -3.61. The van der Waals surface area contributed by atoms with Crippen LogP contribution in [0.2, 0.25) is 0 Å². The topological polar surface area (TPSA) is 99.5 Å². The number of sulfonamides is 1. The molecule has 0 aliphatic carbocycles. The lowest BCUT2D eigenvalue weighted by molar-refractivity contribution is 0.119. The Morgan fingerprint density at radius 1 is 1.26 bits per heavy atom. The molecule has 2 aliphatic rings. The van der Waals surface area contributed by atoms with Gasteiger partial charge in [0.2, 0.25) is 0 Å². The van der Waals surface area contributed by atoms with E-state index in [4.69, 9.17) is 0 Å². The number of aromatic nitrogens is 3. The third kappa shape index (κ3) is 3.99. The van der Waals surface area contributed by atoms with E-state index in [1.807, 2.05) is 32.1 Å². The van der Waals surface area contributed by atoms with E-state index in [2.05, 4.69) is 26.8 Å². The summed E-state index contributed by atoms with van der Waals surface area (Å²) in [6.45, 7) is 7.37. The van der Waals surface area contributed by atoms with Crippen molar-refractivity contribution in [2.24, 2.45) is 0 Å². The summed E-state index contributed by atoms with van der Waals surface area (Å²) >= 11 is 1.56. The van der Waals surface area contributed by atoms with Crippen molar-refractivity contribution in [3.8, 4) is 17.0 Å². The normalized spacial score (nSPS) is 24.2. The minimum Gasteiger partial charge on any atom is -0.507 e.